The van der Waals surface area contributed by atoms with Gasteiger partial charge in [-0.3, -0.25) is 0 Å². The van der Waals surface area contributed by atoms with Gasteiger partial charge in [-0.15, -0.1) is 0 Å². The number of allylic oxidation sites excluding steroid dienone is 12. The minimum Gasteiger partial charge on any atom is -0.238 e. The van der Waals surface area contributed by atoms with Gasteiger partial charge in [-0.2, -0.15) is 13.2 Å². The number of benzene rings is 2. The third kappa shape index (κ3) is 4.95. The predicted molar refractivity (Wildman–Crippen MR) is 122 cm³/mol. The molecule has 2 aliphatic carbocycles. The maximum Gasteiger partial charge on any atom is 0.422 e. The molecule has 0 radical (unpaired) electrons. The van der Waals surface area contributed by atoms with E-state index in [1.807, 2.05) is 0 Å². The second-order valence-electron chi connectivity index (χ2n) is 9.44. The molecule has 2 aromatic carbocycles. The van der Waals surface area contributed by atoms with Crippen molar-refractivity contribution in [1.29, 1.82) is 0 Å². The van der Waals surface area contributed by atoms with Crippen LogP contribution in [0.5, 0.6) is 0 Å². The molecule has 0 bridgehead atoms. The first-order chi connectivity index (χ1) is 20.7. The second kappa shape index (κ2) is 11.2. The number of alkyl halides is 4. The van der Waals surface area contributed by atoms with Gasteiger partial charge in [0.25, 0.3) is 0 Å². The average Bonchev–Trinajstić information content (AvgIpc) is 2.96. The third-order valence-corrected chi connectivity index (χ3v) is 6.91. The molecule has 45 heavy (non-hydrogen) atoms. The van der Waals surface area contributed by atoms with Crippen LogP contribution >= 0.6 is 0 Å². The number of hydrogen-bond acceptors (Lipinski definition) is 0. The van der Waals surface area contributed by atoms with Crippen LogP contribution in [0.4, 0.5) is 74.6 Å². The maximum atomic E-state index is 15.9. The molecule has 0 fully saturated rings. The molecule has 2 aliphatic rings. The van der Waals surface area contributed by atoms with Gasteiger partial charge in [0.15, 0.2) is 70.2 Å². The van der Waals surface area contributed by atoms with Crippen molar-refractivity contribution in [3.63, 3.8) is 0 Å². The number of halogens is 17. The van der Waals surface area contributed by atoms with E-state index in [0.717, 1.165) is 0 Å². The smallest absolute Gasteiger partial charge is 0.238 e. The Labute approximate surface area is 239 Å². The highest BCUT2D eigenvalue weighted by molar-refractivity contribution is 5.91. The fourth-order valence-electron chi connectivity index (χ4n) is 4.83. The van der Waals surface area contributed by atoms with Gasteiger partial charge in [0.05, 0.1) is 16.5 Å². The topological polar surface area (TPSA) is 0 Å². The van der Waals surface area contributed by atoms with Crippen LogP contribution in [-0.4, -0.2) is 6.17 Å². The summed E-state index contributed by atoms with van der Waals surface area (Å²) < 4.78 is 247. The van der Waals surface area contributed by atoms with Crippen molar-refractivity contribution in [3.8, 4) is 0 Å². The maximum absolute atomic E-state index is 15.9. The summed E-state index contributed by atoms with van der Waals surface area (Å²) in [6, 6.07) is 0. The first-order valence-corrected chi connectivity index (χ1v) is 11.7. The molecule has 0 heterocycles. The molecule has 0 nitrogen and oxygen atoms in total. The summed E-state index contributed by atoms with van der Waals surface area (Å²) in [6.45, 7) is 0.105. The molecule has 0 spiro atoms. The molecule has 0 saturated heterocycles. The van der Waals surface area contributed by atoms with Gasteiger partial charge in [-0.25, -0.2) is 61.5 Å². The molecule has 2 atom stereocenters. The zero-order valence-corrected chi connectivity index (χ0v) is 21.4. The third-order valence-electron chi connectivity index (χ3n) is 6.91. The van der Waals surface area contributed by atoms with E-state index in [9.17, 15) is 57.1 Å². The van der Waals surface area contributed by atoms with Crippen molar-refractivity contribution in [2.75, 3.05) is 0 Å². The van der Waals surface area contributed by atoms with E-state index in [-0.39, 0.29) is 25.2 Å². The minimum atomic E-state index is -6.12. The summed E-state index contributed by atoms with van der Waals surface area (Å²) >= 11 is 0. The average molecular weight is 668 g/mol. The van der Waals surface area contributed by atoms with E-state index in [4.69, 9.17) is 0 Å². The predicted octanol–water partition coefficient (Wildman–Crippen LogP) is 10.6. The van der Waals surface area contributed by atoms with Crippen molar-refractivity contribution < 1.29 is 74.6 Å². The second-order valence-corrected chi connectivity index (χ2v) is 9.44. The lowest BCUT2D eigenvalue weighted by atomic mass is 9.63. The van der Waals surface area contributed by atoms with Crippen LogP contribution in [0.2, 0.25) is 0 Å². The zero-order valence-electron chi connectivity index (χ0n) is 21.4. The van der Waals surface area contributed by atoms with E-state index >= 15 is 17.6 Å². The van der Waals surface area contributed by atoms with Gasteiger partial charge in [0.1, 0.15) is 11.4 Å². The summed E-state index contributed by atoms with van der Waals surface area (Å²) in [6.07, 6.45) is -9.04. The van der Waals surface area contributed by atoms with Crippen LogP contribution in [0.25, 0.3) is 11.1 Å². The molecule has 0 amide bonds. The van der Waals surface area contributed by atoms with E-state index in [1.54, 1.807) is 0 Å². The van der Waals surface area contributed by atoms with Crippen molar-refractivity contribution in [2.45, 2.75) is 19.3 Å². The van der Waals surface area contributed by atoms with Gasteiger partial charge in [-0.1, -0.05) is 18.2 Å². The summed E-state index contributed by atoms with van der Waals surface area (Å²) in [5.41, 5.74) is -17.7. The van der Waals surface area contributed by atoms with Gasteiger partial charge < -0.3 is 0 Å². The lowest BCUT2D eigenvalue weighted by Crippen LogP contribution is -2.38. The molecule has 4 rings (SSSR count). The molecule has 0 aliphatic heterocycles. The highest BCUT2D eigenvalue weighted by Crippen LogP contribution is 2.59. The highest BCUT2D eigenvalue weighted by Gasteiger charge is 2.55. The molecule has 0 saturated carbocycles. The molecule has 17 heteroatoms. The number of hydrogen-bond donors (Lipinski definition) is 0. The normalized spacial score (nSPS) is 24.1. The van der Waals surface area contributed by atoms with Crippen LogP contribution in [0.15, 0.2) is 59.3 Å². The van der Waals surface area contributed by atoms with E-state index in [1.165, 1.54) is 0 Å². The van der Waals surface area contributed by atoms with Crippen LogP contribution < -0.4 is 0 Å². The Bertz CT molecular complexity index is 1780. The SMILES string of the molecule is CC12C(c3c(F)c(F)c(C(F)(F)F)c(F)c3F)=C\C=C/C=C(F)\C=C(/c3c(F)c(F)c(F)c(F)c3F)C1=C(F)C(F)=C(F)C2F. The van der Waals surface area contributed by atoms with E-state index < -0.39 is 127 Å². The summed E-state index contributed by atoms with van der Waals surface area (Å²) in [5, 5.41) is 0. The highest BCUT2D eigenvalue weighted by atomic mass is 19.4. The Morgan fingerprint density at radius 2 is 1.02 bits per heavy atom. The Morgan fingerprint density at radius 3 is 1.51 bits per heavy atom. The molecule has 0 aromatic heterocycles. The molecule has 0 N–H and O–H groups in total. The molecule has 2 aromatic rings. The van der Waals surface area contributed by atoms with Gasteiger partial charge in [-0.05, 0) is 30.2 Å². The van der Waals surface area contributed by atoms with Crippen molar-refractivity contribution in [1.82, 2.24) is 0 Å². The monoisotopic (exact) mass is 668 g/mol. The Kier molecular flexibility index (Phi) is 8.39. The van der Waals surface area contributed by atoms with Crippen molar-refractivity contribution >= 4 is 11.1 Å². The largest absolute Gasteiger partial charge is 0.422 e. The Morgan fingerprint density at radius 1 is 0.578 bits per heavy atom. The lowest BCUT2D eigenvalue weighted by molar-refractivity contribution is -0.143. The fraction of sp³-hybridized carbons (Fsp3) is 0.143. The van der Waals surface area contributed by atoms with Crippen LogP contribution in [0.3, 0.4) is 0 Å². The van der Waals surface area contributed by atoms with E-state index in [2.05, 4.69) is 0 Å². The summed E-state index contributed by atoms with van der Waals surface area (Å²) in [4.78, 5) is 0. The molecular formula is C28H9F17. The van der Waals surface area contributed by atoms with Crippen LogP contribution in [0, 0.1) is 57.8 Å². The Hall–Kier alpha value is -4.31. The Balaban J connectivity index is 2.28. The minimum absolute atomic E-state index is 0.105. The molecular weight excluding hydrogens is 659 g/mol. The van der Waals surface area contributed by atoms with Gasteiger partial charge in [0, 0.05) is 5.57 Å². The van der Waals surface area contributed by atoms with Crippen LogP contribution in [-0.2, 0) is 6.18 Å². The lowest BCUT2D eigenvalue weighted by Gasteiger charge is -2.41. The van der Waals surface area contributed by atoms with Crippen LogP contribution in [0.1, 0.15) is 23.6 Å². The number of rotatable bonds is 2. The first-order valence-electron chi connectivity index (χ1n) is 11.7. The fourth-order valence-corrected chi connectivity index (χ4v) is 4.83. The standard InChI is InChI=1S/C28H9F17/c1-27-9(11-16(32)19(35)13(28(43,44)45)20(36)17(11)33)5-3-2-4-7(29)6-8(12(27)18(34)23(39)25(41)26(27)42)10-14(30)21(37)24(40)22(38)15(10)31/h2-6,26H,1H3/b3-2-,7-4+,8-6+,9-5?. The van der Waals surface area contributed by atoms with E-state index in [0.29, 0.717) is 12.2 Å². The molecule has 240 valence electrons. The summed E-state index contributed by atoms with van der Waals surface area (Å²) in [7, 11) is 0. The van der Waals surface area contributed by atoms with Gasteiger partial charge >= 0.3 is 6.18 Å². The van der Waals surface area contributed by atoms with Crippen molar-refractivity contribution in [3.05, 3.63) is 128 Å². The quantitative estimate of drug-likeness (QED) is 0.170. The molecule has 2 unspecified atom stereocenters. The zero-order chi connectivity index (χ0) is 34.1. The number of fused-ring (bicyclic) bond motifs is 1. The summed E-state index contributed by atoms with van der Waals surface area (Å²) in [5.74, 6) is -36.8. The first kappa shape index (κ1) is 33.6. The van der Waals surface area contributed by atoms with Gasteiger partial charge in [0.2, 0.25) is 5.82 Å². The van der Waals surface area contributed by atoms with Crippen molar-refractivity contribution in [2.24, 2.45) is 5.41 Å².